The third kappa shape index (κ3) is 4.15. The minimum absolute atomic E-state index is 0.151. The number of urea groups is 1. The molecule has 18 heavy (non-hydrogen) atoms. The van der Waals surface area contributed by atoms with Crippen LogP contribution >= 0.6 is 0 Å². The number of carbonyl (C=O) groups excluding carboxylic acids is 1. The molecule has 1 rings (SSSR count). The number of ether oxygens (including phenoxy) is 1. The number of nitrogens with one attached hydrogen (secondary N) is 2. The van der Waals surface area contributed by atoms with Crippen molar-refractivity contribution in [2.75, 3.05) is 19.8 Å². The number of hydrogen-bond acceptors (Lipinski definition) is 4. The van der Waals surface area contributed by atoms with Crippen LogP contribution in [0, 0.1) is 5.92 Å². The summed E-state index contributed by atoms with van der Waals surface area (Å²) >= 11 is 0. The first-order valence-electron chi connectivity index (χ1n) is 6.08. The summed E-state index contributed by atoms with van der Waals surface area (Å²) < 4.78 is 5.48. The number of carbonyl (C=O) groups is 2. The van der Waals surface area contributed by atoms with Crippen molar-refractivity contribution >= 4 is 12.0 Å². The van der Waals surface area contributed by atoms with Gasteiger partial charge in [0, 0.05) is 19.1 Å². The molecule has 0 aromatic heterocycles. The molecule has 7 nitrogen and oxygen atoms in total. The second-order valence-electron chi connectivity index (χ2n) is 4.29. The molecule has 3 atom stereocenters. The molecule has 2 unspecified atom stereocenters. The van der Waals surface area contributed by atoms with Crippen LogP contribution in [-0.4, -0.2) is 54.1 Å². The highest BCUT2D eigenvalue weighted by Gasteiger charge is 2.27. The standard InChI is InChI=1S/C11H20N2O5/c1-2-9-7(3-4-18-9)5-12-11(17)13-8(6-14)10(15)16/h7-9,14H,2-6H2,1H3,(H,15,16)(H2,12,13,17)/t7?,8-,9?/m0/s1. The van der Waals surface area contributed by atoms with Gasteiger partial charge < -0.3 is 25.6 Å². The van der Waals surface area contributed by atoms with Crippen molar-refractivity contribution in [1.82, 2.24) is 10.6 Å². The molecule has 0 spiro atoms. The van der Waals surface area contributed by atoms with E-state index in [-0.39, 0.29) is 12.0 Å². The summed E-state index contributed by atoms with van der Waals surface area (Å²) in [7, 11) is 0. The van der Waals surface area contributed by atoms with Crippen molar-refractivity contribution in [3.63, 3.8) is 0 Å². The van der Waals surface area contributed by atoms with E-state index >= 15 is 0 Å². The minimum atomic E-state index is -1.27. The topological polar surface area (TPSA) is 108 Å². The first-order valence-corrected chi connectivity index (χ1v) is 6.08. The molecule has 2 amide bonds. The van der Waals surface area contributed by atoms with Crippen LogP contribution in [0.3, 0.4) is 0 Å². The van der Waals surface area contributed by atoms with Gasteiger partial charge in [-0.2, -0.15) is 0 Å². The first-order chi connectivity index (χ1) is 8.58. The van der Waals surface area contributed by atoms with Gasteiger partial charge in [0.1, 0.15) is 0 Å². The maximum atomic E-state index is 11.4. The highest BCUT2D eigenvalue weighted by Crippen LogP contribution is 2.22. The molecule has 1 heterocycles. The van der Waals surface area contributed by atoms with E-state index in [1.165, 1.54) is 0 Å². The highest BCUT2D eigenvalue weighted by atomic mass is 16.5. The van der Waals surface area contributed by atoms with Gasteiger partial charge in [0.2, 0.25) is 0 Å². The molecule has 0 aromatic carbocycles. The van der Waals surface area contributed by atoms with E-state index in [1.807, 2.05) is 6.92 Å². The monoisotopic (exact) mass is 260 g/mol. The smallest absolute Gasteiger partial charge is 0.328 e. The van der Waals surface area contributed by atoms with Crippen LogP contribution in [0.4, 0.5) is 4.79 Å². The zero-order valence-electron chi connectivity index (χ0n) is 10.4. The van der Waals surface area contributed by atoms with Crippen LogP contribution in [0.5, 0.6) is 0 Å². The molecule has 1 aliphatic heterocycles. The Morgan fingerprint density at radius 1 is 1.50 bits per heavy atom. The van der Waals surface area contributed by atoms with Crippen LogP contribution in [0.1, 0.15) is 19.8 Å². The third-order valence-corrected chi connectivity index (χ3v) is 3.06. The number of aliphatic carboxylic acids is 1. The summed E-state index contributed by atoms with van der Waals surface area (Å²) in [5.74, 6) is -0.999. The molecular weight excluding hydrogens is 240 g/mol. The number of hydrogen-bond donors (Lipinski definition) is 4. The molecule has 0 bridgehead atoms. The number of rotatable bonds is 6. The number of carboxylic acids is 1. The molecule has 0 saturated carbocycles. The SMILES string of the molecule is CCC1OCCC1CNC(=O)N[C@@H](CO)C(=O)O. The van der Waals surface area contributed by atoms with E-state index in [0.717, 1.165) is 12.8 Å². The Bertz CT molecular complexity index is 297. The number of amides is 2. The Balaban J connectivity index is 2.30. The van der Waals surface area contributed by atoms with Crippen LogP contribution < -0.4 is 10.6 Å². The Morgan fingerprint density at radius 2 is 2.22 bits per heavy atom. The van der Waals surface area contributed by atoms with E-state index in [0.29, 0.717) is 13.2 Å². The average Bonchev–Trinajstić information content (AvgIpc) is 2.80. The molecule has 104 valence electrons. The van der Waals surface area contributed by atoms with E-state index in [1.54, 1.807) is 0 Å². The normalized spacial score (nSPS) is 24.6. The lowest BCUT2D eigenvalue weighted by atomic mass is 10.00. The number of aliphatic hydroxyl groups excluding tert-OH is 1. The van der Waals surface area contributed by atoms with E-state index < -0.39 is 24.6 Å². The van der Waals surface area contributed by atoms with Gasteiger partial charge in [0.05, 0.1) is 12.7 Å². The van der Waals surface area contributed by atoms with Crippen molar-refractivity contribution in [1.29, 1.82) is 0 Å². The zero-order chi connectivity index (χ0) is 13.5. The van der Waals surface area contributed by atoms with E-state index in [9.17, 15) is 9.59 Å². The minimum Gasteiger partial charge on any atom is -0.480 e. The van der Waals surface area contributed by atoms with Crippen LogP contribution in [-0.2, 0) is 9.53 Å². The second kappa shape index (κ2) is 7.17. The summed E-state index contributed by atoms with van der Waals surface area (Å²) in [4.78, 5) is 22.0. The van der Waals surface area contributed by atoms with Crippen molar-refractivity contribution in [2.45, 2.75) is 31.9 Å². The van der Waals surface area contributed by atoms with Crippen LogP contribution in [0.2, 0.25) is 0 Å². The van der Waals surface area contributed by atoms with Gasteiger partial charge in [-0.1, -0.05) is 6.92 Å². The highest BCUT2D eigenvalue weighted by molar-refractivity contribution is 5.82. The Kier molecular flexibility index (Phi) is 5.87. The van der Waals surface area contributed by atoms with E-state index in [4.69, 9.17) is 14.9 Å². The lowest BCUT2D eigenvalue weighted by molar-refractivity contribution is -0.140. The second-order valence-corrected chi connectivity index (χ2v) is 4.29. The molecule has 7 heteroatoms. The maximum absolute atomic E-state index is 11.4. The summed E-state index contributed by atoms with van der Waals surface area (Å²) in [6, 6.07) is -1.86. The predicted octanol–water partition coefficient (Wildman–Crippen LogP) is -0.454. The predicted molar refractivity (Wildman–Crippen MR) is 63.2 cm³/mol. The van der Waals surface area contributed by atoms with Gasteiger partial charge in [0.15, 0.2) is 6.04 Å². The van der Waals surface area contributed by atoms with Crippen molar-refractivity contribution in [3.8, 4) is 0 Å². The van der Waals surface area contributed by atoms with Gasteiger partial charge in [-0.3, -0.25) is 0 Å². The van der Waals surface area contributed by atoms with E-state index in [2.05, 4.69) is 10.6 Å². The summed E-state index contributed by atoms with van der Waals surface area (Å²) in [5.41, 5.74) is 0. The molecule has 0 aromatic rings. The molecule has 4 N–H and O–H groups in total. The molecule has 0 aliphatic carbocycles. The van der Waals surface area contributed by atoms with Crippen molar-refractivity contribution in [2.24, 2.45) is 5.92 Å². The first kappa shape index (κ1) is 14.7. The molecular formula is C11H20N2O5. The Morgan fingerprint density at radius 3 is 2.78 bits per heavy atom. The largest absolute Gasteiger partial charge is 0.480 e. The lowest BCUT2D eigenvalue weighted by Gasteiger charge is -2.18. The van der Waals surface area contributed by atoms with Gasteiger partial charge in [-0.05, 0) is 12.8 Å². The van der Waals surface area contributed by atoms with Crippen LogP contribution in [0.15, 0.2) is 0 Å². The number of carboxylic acid groups (broad SMARTS) is 1. The summed E-state index contributed by atoms with van der Waals surface area (Å²) in [6.45, 7) is 2.53. The molecule has 1 fully saturated rings. The fraction of sp³-hybridized carbons (Fsp3) is 0.818. The third-order valence-electron chi connectivity index (χ3n) is 3.06. The fourth-order valence-electron chi connectivity index (χ4n) is 2.00. The average molecular weight is 260 g/mol. The molecule has 0 radical (unpaired) electrons. The lowest BCUT2D eigenvalue weighted by Crippen LogP contribution is -2.49. The molecule has 1 aliphatic rings. The Hall–Kier alpha value is -1.34. The van der Waals surface area contributed by atoms with Crippen molar-refractivity contribution < 1.29 is 24.5 Å². The van der Waals surface area contributed by atoms with Crippen LogP contribution in [0.25, 0.3) is 0 Å². The van der Waals surface area contributed by atoms with Gasteiger partial charge in [-0.25, -0.2) is 9.59 Å². The Labute approximate surface area is 106 Å². The van der Waals surface area contributed by atoms with Gasteiger partial charge >= 0.3 is 12.0 Å². The fourth-order valence-corrected chi connectivity index (χ4v) is 2.00. The number of aliphatic hydroxyl groups is 1. The summed E-state index contributed by atoms with van der Waals surface area (Å²) in [6.07, 6.45) is 1.93. The van der Waals surface area contributed by atoms with Crippen molar-refractivity contribution in [3.05, 3.63) is 0 Å². The molecule has 1 saturated heterocycles. The quantitative estimate of drug-likeness (QED) is 0.517. The maximum Gasteiger partial charge on any atom is 0.328 e. The zero-order valence-corrected chi connectivity index (χ0v) is 10.4. The van der Waals surface area contributed by atoms with Gasteiger partial charge in [0.25, 0.3) is 0 Å². The van der Waals surface area contributed by atoms with Gasteiger partial charge in [-0.15, -0.1) is 0 Å². The summed E-state index contributed by atoms with van der Waals surface area (Å²) in [5, 5.41) is 22.2.